The lowest BCUT2D eigenvalue weighted by molar-refractivity contribution is -0.0144. The monoisotopic (exact) mass is 272 g/mol. The maximum atomic E-state index is 5.83. The fourth-order valence-electron chi connectivity index (χ4n) is 2.92. The Balaban J connectivity index is 1.66. The van der Waals surface area contributed by atoms with Crippen molar-refractivity contribution in [3.05, 3.63) is 35.5 Å². The Labute approximate surface area is 120 Å². The number of fused-ring (bicyclic) bond motifs is 3. The number of rotatable bonds is 3. The second kappa shape index (κ2) is 5.23. The van der Waals surface area contributed by atoms with Gasteiger partial charge in [-0.3, -0.25) is 4.90 Å². The summed E-state index contributed by atoms with van der Waals surface area (Å²) in [4.78, 5) is 6.05. The van der Waals surface area contributed by atoms with Crippen LogP contribution < -0.4 is 0 Å². The van der Waals surface area contributed by atoms with Crippen molar-refractivity contribution in [1.29, 1.82) is 0 Å². The highest BCUT2D eigenvalue weighted by atomic mass is 16.5. The number of hydrogen-bond acceptors (Lipinski definition) is 2. The number of nitrogens with zero attached hydrogens (tertiary/aromatic N) is 1. The lowest BCUT2D eigenvalue weighted by Crippen LogP contribution is -2.34. The summed E-state index contributed by atoms with van der Waals surface area (Å²) in [6.45, 7) is 10.3. The molecule has 20 heavy (non-hydrogen) atoms. The third kappa shape index (κ3) is 2.89. The Morgan fingerprint density at radius 2 is 2.05 bits per heavy atom. The molecule has 0 fully saturated rings. The van der Waals surface area contributed by atoms with Crippen molar-refractivity contribution in [1.82, 2.24) is 9.88 Å². The van der Waals surface area contributed by atoms with Crippen molar-refractivity contribution in [3.8, 4) is 0 Å². The van der Waals surface area contributed by atoms with Crippen LogP contribution in [0.4, 0.5) is 0 Å². The van der Waals surface area contributed by atoms with Gasteiger partial charge in [-0.25, -0.2) is 0 Å². The summed E-state index contributed by atoms with van der Waals surface area (Å²) in [6.07, 6.45) is 1.13. The van der Waals surface area contributed by atoms with E-state index in [9.17, 15) is 0 Å². The summed E-state index contributed by atoms with van der Waals surface area (Å²) in [5.74, 6) is 0. The van der Waals surface area contributed by atoms with Gasteiger partial charge in [0.25, 0.3) is 0 Å². The molecule has 2 aromatic rings. The van der Waals surface area contributed by atoms with Gasteiger partial charge in [-0.2, -0.15) is 0 Å². The second-order valence-electron chi connectivity index (χ2n) is 6.61. The van der Waals surface area contributed by atoms with E-state index in [-0.39, 0.29) is 5.60 Å². The van der Waals surface area contributed by atoms with Gasteiger partial charge in [-0.1, -0.05) is 18.2 Å². The van der Waals surface area contributed by atoms with E-state index < -0.39 is 0 Å². The number of ether oxygens (including phenoxy) is 1. The molecule has 0 radical (unpaired) electrons. The molecule has 3 rings (SSSR count). The van der Waals surface area contributed by atoms with Crippen LogP contribution in [0.1, 0.15) is 32.0 Å². The maximum Gasteiger partial charge on any atom is 0.0600 e. The molecule has 0 saturated heterocycles. The molecule has 0 bridgehead atoms. The summed E-state index contributed by atoms with van der Waals surface area (Å²) >= 11 is 0. The molecule has 0 atom stereocenters. The molecule has 3 nitrogen and oxygen atoms in total. The van der Waals surface area contributed by atoms with E-state index >= 15 is 0 Å². The number of nitrogens with one attached hydrogen (secondary N) is 1. The van der Waals surface area contributed by atoms with Crippen LogP contribution in [-0.4, -0.2) is 35.2 Å². The third-order valence-corrected chi connectivity index (χ3v) is 3.90. The molecule has 108 valence electrons. The fourth-order valence-corrected chi connectivity index (χ4v) is 2.92. The normalized spacial score (nSPS) is 16.6. The third-order valence-electron chi connectivity index (χ3n) is 3.90. The fraction of sp³-hybridized carbons (Fsp3) is 0.529. The van der Waals surface area contributed by atoms with E-state index in [1.54, 1.807) is 0 Å². The molecule has 1 aromatic heterocycles. The highest BCUT2D eigenvalue weighted by Gasteiger charge is 2.20. The van der Waals surface area contributed by atoms with Gasteiger partial charge in [0.1, 0.15) is 0 Å². The van der Waals surface area contributed by atoms with Crippen LogP contribution in [0.3, 0.4) is 0 Å². The Kier molecular flexibility index (Phi) is 3.57. The van der Waals surface area contributed by atoms with E-state index in [0.29, 0.717) is 0 Å². The van der Waals surface area contributed by atoms with E-state index in [1.807, 2.05) is 0 Å². The molecular weight excluding hydrogens is 248 g/mol. The first-order valence-corrected chi connectivity index (χ1v) is 7.48. The zero-order chi connectivity index (χ0) is 14.2. The standard InChI is InChI=1S/C17H24N2O/c1-17(2,3)20-11-10-19-9-8-14-13-6-4-5-7-15(13)18-16(14)12-19/h4-7,18H,8-12H2,1-3H3. The Morgan fingerprint density at radius 3 is 2.85 bits per heavy atom. The summed E-state index contributed by atoms with van der Waals surface area (Å²) in [5, 5.41) is 1.40. The number of para-hydroxylation sites is 1. The molecule has 1 aromatic carbocycles. The molecular formula is C17H24N2O. The van der Waals surface area contributed by atoms with Gasteiger partial charge in [0.05, 0.1) is 12.2 Å². The lowest BCUT2D eigenvalue weighted by atomic mass is 10.0. The zero-order valence-electron chi connectivity index (χ0n) is 12.7. The number of aromatic amines is 1. The Morgan fingerprint density at radius 1 is 1.25 bits per heavy atom. The molecule has 3 heteroatoms. The SMILES string of the molecule is CC(C)(C)OCCN1CCc2c([nH]c3ccccc23)C1. The van der Waals surface area contributed by atoms with Crippen LogP contribution in [0.2, 0.25) is 0 Å². The van der Waals surface area contributed by atoms with E-state index in [2.05, 4.69) is 54.9 Å². The predicted octanol–water partition coefficient (Wildman–Crippen LogP) is 3.34. The molecule has 1 N–H and O–H groups in total. The van der Waals surface area contributed by atoms with Gasteiger partial charge in [0.15, 0.2) is 0 Å². The van der Waals surface area contributed by atoms with Crippen molar-refractivity contribution >= 4 is 10.9 Å². The molecule has 0 spiro atoms. The molecule has 1 aliphatic heterocycles. The summed E-state index contributed by atoms with van der Waals surface area (Å²) in [7, 11) is 0. The minimum atomic E-state index is -0.0396. The first kappa shape index (κ1) is 13.7. The van der Waals surface area contributed by atoms with Crippen LogP contribution in [0.5, 0.6) is 0 Å². The van der Waals surface area contributed by atoms with Crippen molar-refractivity contribution in [2.24, 2.45) is 0 Å². The van der Waals surface area contributed by atoms with Crippen LogP contribution in [-0.2, 0) is 17.7 Å². The van der Waals surface area contributed by atoms with Crippen molar-refractivity contribution < 1.29 is 4.74 Å². The van der Waals surface area contributed by atoms with Gasteiger partial charge >= 0.3 is 0 Å². The predicted molar refractivity (Wildman–Crippen MR) is 83.0 cm³/mol. The Hall–Kier alpha value is -1.32. The van der Waals surface area contributed by atoms with Crippen LogP contribution in [0.15, 0.2) is 24.3 Å². The average molecular weight is 272 g/mol. The molecule has 0 saturated carbocycles. The van der Waals surface area contributed by atoms with E-state index in [4.69, 9.17) is 4.74 Å². The molecule has 0 aliphatic carbocycles. The highest BCUT2D eigenvalue weighted by molar-refractivity contribution is 5.84. The smallest absolute Gasteiger partial charge is 0.0600 e. The zero-order valence-corrected chi connectivity index (χ0v) is 12.7. The maximum absolute atomic E-state index is 5.83. The van der Waals surface area contributed by atoms with Crippen molar-refractivity contribution in [3.63, 3.8) is 0 Å². The number of H-pyrrole nitrogens is 1. The molecule has 2 heterocycles. The number of aromatic nitrogens is 1. The van der Waals surface area contributed by atoms with E-state index in [0.717, 1.165) is 32.7 Å². The minimum Gasteiger partial charge on any atom is -0.375 e. The summed E-state index contributed by atoms with van der Waals surface area (Å²) in [5.41, 5.74) is 4.12. The average Bonchev–Trinajstić information content (AvgIpc) is 2.74. The van der Waals surface area contributed by atoms with Gasteiger partial charge < -0.3 is 9.72 Å². The van der Waals surface area contributed by atoms with Crippen LogP contribution in [0, 0.1) is 0 Å². The van der Waals surface area contributed by atoms with E-state index in [1.165, 1.54) is 22.2 Å². The topological polar surface area (TPSA) is 28.3 Å². The molecule has 1 aliphatic rings. The number of benzene rings is 1. The first-order valence-electron chi connectivity index (χ1n) is 7.48. The van der Waals surface area contributed by atoms with Gasteiger partial charge in [-0.15, -0.1) is 0 Å². The quantitative estimate of drug-likeness (QED) is 0.928. The molecule has 0 unspecified atom stereocenters. The molecule has 0 amide bonds. The van der Waals surface area contributed by atoms with Gasteiger partial charge in [0.2, 0.25) is 0 Å². The van der Waals surface area contributed by atoms with Gasteiger partial charge in [0, 0.05) is 36.2 Å². The summed E-state index contributed by atoms with van der Waals surface area (Å²) in [6, 6.07) is 8.61. The van der Waals surface area contributed by atoms with Gasteiger partial charge in [-0.05, 0) is 38.8 Å². The minimum absolute atomic E-state index is 0.0396. The van der Waals surface area contributed by atoms with Crippen molar-refractivity contribution in [2.75, 3.05) is 19.7 Å². The van der Waals surface area contributed by atoms with Crippen molar-refractivity contribution in [2.45, 2.75) is 39.3 Å². The Bertz CT molecular complexity index is 595. The highest BCUT2D eigenvalue weighted by Crippen LogP contribution is 2.27. The first-order chi connectivity index (χ1) is 9.53. The summed E-state index contributed by atoms with van der Waals surface area (Å²) < 4.78 is 5.83. The van der Waals surface area contributed by atoms with Crippen LogP contribution in [0.25, 0.3) is 10.9 Å². The number of hydrogen-bond donors (Lipinski definition) is 1. The largest absolute Gasteiger partial charge is 0.375 e. The van der Waals surface area contributed by atoms with Crippen LogP contribution >= 0.6 is 0 Å². The lowest BCUT2D eigenvalue weighted by Gasteiger charge is -2.28. The second-order valence-corrected chi connectivity index (χ2v) is 6.61.